The van der Waals surface area contributed by atoms with Crippen molar-refractivity contribution in [3.63, 3.8) is 0 Å². The summed E-state index contributed by atoms with van der Waals surface area (Å²) in [5.74, 6) is 2.90. The number of hydrogen-bond donors (Lipinski definition) is 1. The molecule has 0 aromatic rings. The average Bonchev–Trinajstić information content (AvgIpc) is 2.99. The van der Waals surface area contributed by atoms with E-state index < -0.39 is 0 Å². The van der Waals surface area contributed by atoms with Crippen LogP contribution in [0, 0.1) is 50.7 Å². The topological polar surface area (TPSA) is 46.5 Å². The highest BCUT2D eigenvalue weighted by molar-refractivity contribution is 5.85. The number of aliphatic hydroxyl groups is 1. The van der Waals surface area contributed by atoms with E-state index in [9.17, 15) is 9.90 Å². The molecule has 0 amide bonds. The third-order valence-electron chi connectivity index (χ3n) is 13.6. The minimum atomic E-state index is -0.175. The second kappa shape index (κ2) is 6.67. The molecule has 6 aliphatic rings. The maximum atomic E-state index is 12.9. The van der Waals surface area contributed by atoms with E-state index in [1.165, 1.54) is 44.9 Å². The maximum Gasteiger partial charge on any atom is 0.138 e. The summed E-state index contributed by atoms with van der Waals surface area (Å²) in [6.07, 6.45) is 12.5. The zero-order valence-corrected chi connectivity index (χ0v) is 22.1. The Hall–Kier alpha value is -0.410. The molecule has 5 aliphatic carbocycles. The van der Waals surface area contributed by atoms with Gasteiger partial charge in [-0.25, -0.2) is 0 Å². The lowest BCUT2D eigenvalue weighted by Crippen LogP contribution is -2.61. The normalized spacial score (nSPS) is 56.7. The molecule has 186 valence electrons. The summed E-state index contributed by atoms with van der Waals surface area (Å²) in [5.41, 5.74) is 0.730. The predicted molar refractivity (Wildman–Crippen MR) is 131 cm³/mol. The molecule has 2 bridgehead atoms. The molecule has 2 spiro atoms. The Morgan fingerprint density at radius 3 is 2.18 bits per heavy atom. The number of carbonyl (C=O) groups is 1. The van der Waals surface area contributed by atoms with Crippen molar-refractivity contribution >= 4 is 5.78 Å². The van der Waals surface area contributed by atoms with Gasteiger partial charge in [0.2, 0.25) is 0 Å². The van der Waals surface area contributed by atoms with Crippen LogP contribution in [-0.2, 0) is 9.53 Å². The van der Waals surface area contributed by atoms with Crippen molar-refractivity contribution in [1.29, 1.82) is 0 Å². The molecule has 0 radical (unpaired) electrons. The molecule has 1 saturated heterocycles. The fourth-order valence-corrected chi connectivity index (χ4v) is 12.0. The molecule has 5 saturated carbocycles. The van der Waals surface area contributed by atoms with Gasteiger partial charge in [0.05, 0.1) is 18.3 Å². The smallest absolute Gasteiger partial charge is 0.138 e. The molecule has 3 nitrogen and oxygen atoms in total. The van der Waals surface area contributed by atoms with Crippen LogP contribution in [0.4, 0.5) is 0 Å². The summed E-state index contributed by atoms with van der Waals surface area (Å²) in [7, 11) is 0. The number of ether oxygens (including phenoxy) is 1. The van der Waals surface area contributed by atoms with Crippen LogP contribution in [0.2, 0.25) is 0 Å². The molecule has 33 heavy (non-hydrogen) atoms. The van der Waals surface area contributed by atoms with Crippen molar-refractivity contribution in [1.82, 2.24) is 0 Å². The van der Waals surface area contributed by atoms with Crippen LogP contribution in [0.15, 0.2) is 0 Å². The van der Waals surface area contributed by atoms with Crippen molar-refractivity contribution < 1.29 is 14.6 Å². The van der Waals surface area contributed by atoms with Crippen LogP contribution < -0.4 is 0 Å². The van der Waals surface area contributed by atoms with Gasteiger partial charge in [-0.15, -0.1) is 0 Å². The first kappa shape index (κ1) is 23.0. The Labute approximate surface area is 201 Å². The van der Waals surface area contributed by atoms with Crippen molar-refractivity contribution in [2.75, 3.05) is 6.61 Å². The van der Waals surface area contributed by atoms with E-state index >= 15 is 0 Å². The minimum Gasteiger partial charge on any atom is -0.393 e. The number of carbonyl (C=O) groups excluding carboxylic acids is 1. The molecule has 6 fully saturated rings. The van der Waals surface area contributed by atoms with Crippen LogP contribution in [0.25, 0.3) is 0 Å². The minimum absolute atomic E-state index is 0.00516. The van der Waals surface area contributed by atoms with Crippen LogP contribution in [0.3, 0.4) is 0 Å². The standard InChI is InChI=1S/C30H48O3/c1-25(2)19-9-15-29-17-30(33-18-29)16-10-20-26(3,4)24(32)12-14-28(20,6)22(30)8-7-21(29)27(19,5)13-11-23(25)31/h19-22,24,32H,7-18H2,1-6H3/t19-,20-,21+,22+,24-,27-,28-,29-,30-/m0/s1. The molecule has 1 aliphatic heterocycles. The Morgan fingerprint density at radius 1 is 0.758 bits per heavy atom. The van der Waals surface area contributed by atoms with Gasteiger partial charge in [-0.2, -0.15) is 0 Å². The summed E-state index contributed by atoms with van der Waals surface area (Å²) < 4.78 is 7.09. The van der Waals surface area contributed by atoms with E-state index in [4.69, 9.17) is 4.74 Å². The number of fused-ring (bicyclic) bond motifs is 4. The van der Waals surface area contributed by atoms with E-state index in [0.29, 0.717) is 34.9 Å². The molecule has 3 heteroatoms. The van der Waals surface area contributed by atoms with Gasteiger partial charge in [0.15, 0.2) is 0 Å². The average molecular weight is 457 g/mol. The lowest BCUT2D eigenvalue weighted by atomic mass is 9.42. The lowest BCUT2D eigenvalue weighted by Gasteiger charge is -2.63. The molecular formula is C30H48O3. The third-order valence-corrected chi connectivity index (χ3v) is 13.6. The van der Waals surface area contributed by atoms with Gasteiger partial charge in [0.1, 0.15) is 5.78 Å². The Bertz CT molecular complexity index is 861. The summed E-state index contributed by atoms with van der Waals surface area (Å²) in [5, 5.41) is 10.9. The van der Waals surface area contributed by atoms with Gasteiger partial charge in [-0.3, -0.25) is 4.79 Å². The highest BCUT2D eigenvalue weighted by atomic mass is 16.5. The monoisotopic (exact) mass is 456 g/mol. The number of rotatable bonds is 0. The van der Waals surface area contributed by atoms with Gasteiger partial charge >= 0.3 is 0 Å². The Kier molecular flexibility index (Phi) is 4.65. The Morgan fingerprint density at radius 2 is 1.42 bits per heavy atom. The quantitative estimate of drug-likeness (QED) is 0.449. The van der Waals surface area contributed by atoms with Gasteiger partial charge in [-0.1, -0.05) is 41.5 Å². The van der Waals surface area contributed by atoms with Crippen molar-refractivity contribution in [3.8, 4) is 0 Å². The predicted octanol–water partition coefficient (Wildman–Crippen LogP) is 6.56. The summed E-state index contributed by atoms with van der Waals surface area (Å²) in [6.45, 7) is 15.3. The SMILES string of the molecule is CC1(C)C(=O)CC[C@@]2(C)[C@H]1CC[C@]13CO[C@@]4(CC[C@H]5C(C)(C)[C@@H](O)CC[C@]5(C)[C@H]4CC[C@@H]12)C3. The van der Waals surface area contributed by atoms with Gasteiger partial charge in [0.25, 0.3) is 0 Å². The van der Waals surface area contributed by atoms with E-state index in [1.807, 2.05) is 0 Å². The zero-order chi connectivity index (χ0) is 23.7. The van der Waals surface area contributed by atoms with Crippen LogP contribution in [-0.4, -0.2) is 29.2 Å². The molecular weight excluding hydrogens is 408 g/mol. The van der Waals surface area contributed by atoms with Gasteiger partial charge in [-0.05, 0) is 110 Å². The number of ketones is 1. The third kappa shape index (κ3) is 2.68. The van der Waals surface area contributed by atoms with Gasteiger partial charge < -0.3 is 9.84 Å². The second-order valence-corrected chi connectivity index (χ2v) is 15.3. The van der Waals surface area contributed by atoms with E-state index in [-0.39, 0.29) is 33.4 Å². The Balaban J connectivity index is 1.39. The summed E-state index contributed by atoms with van der Waals surface area (Å²) in [6, 6.07) is 0. The molecule has 0 aromatic heterocycles. The largest absolute Gasteiger partial charge is 0.393 e. The lowest BCUT2D eigenvalue weighted by molar-refractivity contribution is -0.208. The number of aliphatic hydroxyl groups excluding tert-OH is 1. The maximum absolute atomic E-state index is 12.9. The molecule has 6 rings (SSSR count). The summed E-state index contributed by atoms with van der Waals surface area (Å²) in [4.78, 5) is 12.9. The first-order chi connectivity index (χ1) is 15.3. The second-order valence-electron chi connectivity index (χ2n) is 15.3. The number of Topliss-reactive ketones (excluding diaryl/α,β-unsaturated/α-hetero) is 1. The zero-order valence-electron chi connectivity index (χ0n) is 22.1. The van der Waals surface area contributed by atoms with Crippen LogP contribution >= 0.6 is 0 Å². The van der Waals surface area contributed by atoms with Crippen molar-refractivity contribution in [3.05, 3.63) is 0 Å². The van der Waals surface area contributed by atoms with Crippen LogP contribution in [0.1, 0.15) is 112 Å². The van der Waals surface area contributed by atoms with Crippen LogP contribution in [0.5, 0.6) is 0 Å². The highest BCUT2D eigenvalue weighted by Gasteiger charge is 2.71. The van der Waals surface area contributed by atoms with Crippen molar-refractivity contribution in [2.24, 2.45) is 50.7 Å². The summed E-state index contributed by atoms with van der Waals surface area (Å²) >= 11 is 0. The van der Waals surface area contributed by atoms with E-state index in [2.05, 4.69) is 41.5 Å². The van der Waals surface area contributed by atoms with E-state index in [1.54, 1.807) is 0 Å². The van der Waals surface area contributed by atoms with E-state index in [0.717, 1.165) is 32.3 Å². The fraction of sp³-hybridized carbons (Fsp3) is 0.967. The number of hydrogen-bond acceptors (Lipinski definition) is 3. The highest BCUT2D eigenvalue weighted by Crippen LogP contribution is 2.74. The molecule has 9 atom stereocenters. The van der Waals surface area contributed by atoms with Gasteiger partial charge in [0, 0.05) is 11.8 Å². The molecule has 1 N–H and O–H groups in total. The first-order valence-electron chi connectivity index (χ1n) is 14.2. The molecule has 0 aromatic carbocycles. The van der Waals surface area contributed by atoms with Crippen molar-refractivity contribution in [2.45, 2.75) is 124 Å². The fourth-order valence-electron chi connectivity index (χ4n) is 12.0. The molecule has 1 heterocycles. The molecule has 0 unspecified atom stereocenters. The first-order valence-corrected chi connectivity index (χ1v) is 14.2.